The van der Waals surface area contributed by atoms with Crippen molar-refractivity contribution >= 4 is 11.9 Å². The maximum absolute atomic E-state index is 13.7. The number of hydrogen-bond donors (Lipinski definition) is 2. The summed E-state index contributed by atoms with van der Waals surface area (Å²) in [7, 11) is 1.61. The van der Waals surface area contributed by atoms with Crippen LogP contribution in [0, 0.1) is 12.7 Å². The lowest BCUT2D eigenvalue weighted by Gasteiger charge is -2.10. The number of halogens is 1. The third-order valence-corrected chi connectivity index (χ3v) is 4.23. The highest BCUT2D eigenvalue weighted by molar-refractivity contribution is 5.94. The van der Waals surface area contributed by atoms with Gasteiger partial charge in [-0.3, -0.25) is 4.79 Å². The van der Waals surface area contributed by atoms with Crippen LogP contribution in [0.5, 0.6) is 5.75 Å². The van der Waals surface area contributed by atoms with Gasteiger partial charge in [0.05, 0.1) is 18.4 Å². The van der Waals surface area contributed by atoms with Crippen molar-refractivity contribution in [3.63, 3.8) is 0 Å². The Labute approximate surface area is 162 Å². The molecule has 0 saturated heterocycles. The molecule has 0 aliphatic carbocycles. The van der Waals surface area contributed by atoms with Crippen LogP contribution in [-0.4, -0.2) is 23.0 Å². The second-order valence-corrected chi connectivity index (χ2v) is 6.17. The number of hydrogen-bond acceptors (Lipinski definition) is 5. The first kappa shape index (κ1) is 19.3. The van der Waals surface area contributed by atoms with Crippen LogP contribution in [0.2, 0.25) is 0 Å². The molecular formula is C21H21FN4O2. The standard InChI is InChI=1S/C21H21FN4O2/c1-14-18(20(27)23-11-15-7-9-17(28-2)10-8-15)13-25-21(26-14)24-12-16-5-3-4-6-19(16)22/h3-10,13H,11-12H2,1-2H3,(H,23,27)(H,24,25,26). The van der Waals surface area contributed by atoms with Crippen molar-refractivity contribution in [3.8, 4) is 5.75 Å². The number of nitrogens with one attached hydrogen (secondary N) is 2. The number of nitrogens with zero attached hydrogens (tertiary/aromatic N) is 2. The normalized spacial score (nSPS) is 10.4. The first-order valence-corrected chi connectivity index (χ1v) is 8.79. The molecule has 0 aliphatic rings. The van der Waals surface area contributed by atoms with Crippen molar-refractivity contribution in [3.05, 3.63) is 82.9 Å². The van der Waals surface area contributed by atoms with Crippen molar-refractivity contribution in [2.45, 2.75) is 20.0 Å². The maximum Gasteiger partial charge on any atom is 0.254 e. The molecule has 0 aliphatic heterocycles. The topological polar surface area (TPSA) is 76.1 Å². The number of methoxy groups -OCH3 is 1. The highest BCUT2D eigenvalue weighted by atomic mass is 19.1. The maximum atomic E-state index is 13.7. The van der Waals surface area contributed by atoms with Crippen LogP contribution in [0.15, 0.2) is 54.7 Å². The van der Waals surface area contributed by atoms with Crippen LogP contribution < -0.4 is 15.4 Å². The zero-order valence-corrected chi connectivity index (χ0v) is 15.7. The van der Waals surface area contributed by atoms with Gasteiger partial charge in [0.25, 0.3) is 5.91 Å². The van der Waals surface area contributed by atoms with Crippen LogP contribution in [0.25, 0.3) is 0 Å². The third kappa shape index (κ3) is 4.82. The van der Waals surface area contributed by atoms with Gasteiger partial charge in [0.15, 0.2) is 0 Å². The zero-order chi connectivity index (χ0) is 19.9. The van der Waals surface area contributed by atoms with E-state index in [2.05, 4.69) is 20.6 Å². The highest BCUT2D eigenvalue weighted by Crippen LogP contribution is 2.13. The summed E-state index contributed by atoms with van der Waals surface area (Å²) in [5.41, 5.74) is 2.41. The Morgan fingerprint density at radius 1 is 1.11 bits per heavy atom. The van der Waals surface area contributed by atoms with E-state index in [-0.39, 0.29) is 18.3 Å². The molecule has 0 saturated carbocycles. The van der Waals surface area contributed by atoms with E-state index in [1.54, 1.807) is 32.2 Å². The summed E-state index contributed by atoms with van der Waals surface area (Å²) < 4.78 is 18.8. The van der Waals surface area contributed by atoms with Gasteiger partial charge in [0.1, 0.15) is 11.6 Å². The number of rotatable bonds is 7. The molecule has 0 radical (unpaired) electrons. The summed E-state index contributed by atoms with van der Waals surface area (Å²) in [6.07, 6.45) is 1.47. The van der Waals surface area contributed by atoms with Crippen molar-refractivity contribution in [2.24, 2.45) is 0 Å². The molecule has 0 bridgehead atoms. The van der Waals surface area contributed by atoms with Gasteiger partial charge in [-0.1, -0.05) is 30.3 Å². The molecule has 144 valence electrons. The van der Waals surface area contributed by atoms with Gasteiger partial charge in [0.2, 0.25) is 5.95 Å². The smallest absolute Gasteiger partial charge is 0.254 e. The van der Waals surface area contributed by atoms with Crippen LogP contribution in [0.1, 0.15) is 27.2 Å². The molecule has 3 rings (SSSR count). The molecule has 0 spiro atoms. The first-order chi connectivity index (χ1) is 13.6. The zero-order valence-electron chi connectivity index (χ0n) is 15.7. The first-order valence-electron chi connectivity index (χ1n) is 8.79. The van der Waals surface area contributed by atoms with E-state index in [9.17, 15) is 9.18 Å². The number of anilines is 1. The van der Waals surface area contributed by atoms with Crippen molar-refractivity contribution in [2.75, 3.05) is 12.4 Å². The van der Waals surface area contributed by atoms with E-state index in [0.717, 1.165) is 11.3 Å². The lowest BCUT2D eigenvalue weighted by molar-refractivity contribution is 0.0949. The van der Waals surface area contributed by atoms with Gasteiger partial charge in [-0.15, -0.1) is 0 Å². The van der Waals surface area contributed by atoms with Gasteiger partial charge in [-0.05, 0) is 30.7 Å². The Balaban J connectivity index is 1.59. The number of benzene rings is 2. The molecule has 0 fully saturated rings. The quantitative estimate of drug-likeness (QED) is 0.656. The Kier molecular flexibility index (Phi) is 6.16. The molecule has 7 heteroatoms. The predicted octanol–water partition coefficient (Wildman–Crippen LogP) is 3.47. The number of ether oxygens (including phenoxy) is 1. The lowest BCUT2D eigenvalue weighted by atomic mass is 10.2. The molecule has 6 nitrogen and oxygen atoms in total. The largest absolute Gasteiger partial charge is 0.497 e. The SMILES string of the molecule is COc1ccc(CNC(=O)c2cnc(NCc3ccccc3F)nc2C)cc1. The molecule has 1 heterocycles. The van der Waals surface area contributed by atoms with Gasteiger partial charge < -0.3 is 15.4 Å². The Hall–Kier alpha value is -3.48. The third-order valence-electron chi connectivity index (χ3n) is 4.23. The van der Waals surface area contributed by atoms with E-state index in [1.165, 1.54) is 12.3 Å². The minimum atomic E-state index is -0.291. The Morgan fingerprint density at radius 2 is 1.86 bits per heavy atom. The Bertz CT molecular complexity index is 961. The van der Waals surface area contributed by atoms with Gasteiger partial charge in [-0.2, -0.15) is 0 Å². The summed E-state index contributed by atoms with van der Waals surface area (Å²) in [5, 5.41) is 5.82. The van der Waals surface area contributed by atoms with E-state index in [4.69, 9.17) is 4.74 Å². The van der Waals surface area contributed by atoms with Crippen LogP contribution in [-0.2, 0) is 13.1 Å². The molecule has 0 atom stereocenters. The van der Waals surface area contributed by atoms with Gasteiger partial charge in [0, 0.05) is 24.8 Å². The van der Waals surface area contributed by atoms with Crippen molar-refractivity contribution < 1.29 is 13.9 Å². The number of aryl methyl sites for hydroxylation is 1. The van der Waals surface area contributed by atoms with Crippen LogP contribution in [0.3, 0.4) is 0 Å². The fraction of sp³-hybridized carbons (Fsp3) is 0.190. The van der Waals surface area contributed by atoms with E-state index in [1.807, 2.05) is 24.3 Å². The van der Waals surface area contributed by atoms with E-state index in [0.29, 0.717) is 29.3 Å². The second kappa shape index (κ2) is 8.94. The molecule has 2 N–H and O–H groups in total. The second-order valence-electron chi connectivity index (χ2n) is 6.17. The molecule has 0 unspecified atom stereocenters. The highest BCUT2D eigenvalue weighted by Gasteiger charge is 2.12. The monoisotopic (exact) mass is 380 g/mol. The predicted molar refractivity (Wildman–Crippen MR) is 105 cm³/mol. The minimum absolute atomic E-state index is 0.256. The summed E-state index contributed by atoms with van der Waals surface area (Å²) in [6.45, 7) is 2.38. The molecule has 1 amide bonds. The fourth-order valence-corrected chi connectivity index (χ4v) is 2.61. The lowest BCUT2D eigenvalue weighted by Crippen LogP contribution is -2.24. The van der Waals surface area contributed by atoms with E-state index >= 15 is 0 Å². The molecule has 28 heavy (non-hydrogen) atoms. The number of amides is 1. The average molecular weight is 380 g/mol. The molecular weight excluding hydrogens is 359 g/mol. The van der Waals surface area contributed by atoms with Gasteiger partial charge in [-0.25, -0.2) is 14.4 Å². The molecule has 3 aromatic rings. The average Bonchev–Trinajstić information content (AvgIpc) is 2.72. The van der Waals surface area contributed by atoms with Gasteiger partial charge >= 0.3 is 0 Å². The summed E-state index contributed by atoms with van der Waals surface area (Å²) in [5.74, 6) is 0.556. The summed E-state index contributed by atoms with van der Waals surface area (Å²) >= 11 is 0. The van der Waals surface area contributed by atoms with Crippen molar-refractivity contribution in [1.29, 1.82) is 0 Å². The number of aromatic nitrogens is 2. The summed E-state index contributed by atoms with van der Waals surface area (Å²) in [6, 6.07) is 13.9. The van der Waals surface area contributed by atoms with Crippen LogP contribution >= 0.6 is 0 Å². The minimum Gasteiger partial charge on any atom is -0.497 e. The molecule has 2 aromatic carbocycles. The number of carbonyl (C=O) groups is 1. The summed E-state index contributed by atoms with van der Waals surface area (Å²) in [4.78, 5) is 20.9. The fourth-order valence-electron chi connectivity index (χ4n) is 2.61. The van der Waals surface area contributed by atoms with Crippen molar-refractivity contribution in [1.82, 2.24) is 15.3 Å². The van der Waals surface area contributed by atoms with Crippen LogP contribution in [0.4, 0.5) is 10.3 Å². The van der Waals surface area contributed by atoms with E-state index < -0.39 is 0 Å². The molecule has 1 aromatic heterocycles. The Morgan fingerprint density at radius 3 is 2.54 bits per heavy atom. The number of carbonyl (C=O) groups excluding carboxylic acids is 1.